The largest absolute Gasteiger partial charge is 0.336 e. The molecular formula is C8H16NO3S. The third kappa shape index (κ3) is 2.93. The normalized spacial score (nSPS) is 19.9. The zero-order valence-corrected chi connectivity index (χ0v) is 8.46. The molecule has 1 radical (unpaired) electrons. The zero-order chi connectivity index (χ0) is 9.90. The summed E-state index contributed by atoms with van der Waals surface area (Å²) in [4.78, 5) is 0. The van der Waals surface area contributed by atoms with Gasteiger partial charge in [-0.1, -0.05) is 19.8 Å². The molecule has 1 aliphatic rings. The van der Waals surface area contributed by atoms with Gasteiger partial charge in [-0.15, -0.1) is 0 Å². The Balaban J connectivity index is 2.66. The standard InChI is InChI=1S/C8H16NO3S/c1-2-7-9(13(10,11)12)8-5-3-4-6-8/h8H,1-7H2,(H,10,11,12). The third-order valence-electron chi connectivity index (χ3n) is 2.41. The summed E-state index contributed by atoms with van der Waals surface area (Å²) < 4.78 is 32.0. The summed E-state index contributed by atoms with van der Waals surface area (Å²) in [6.45, 7) is 3.92. The van der Waals surface area contributed by atoms with Crippen LogP contribution in [0, 0.1) is 6.92 Å². The highest BCUT2D eigenvalue weighted by Gasteiger charge is 2.29. The average Bonchev–Trinajstić information content (AvgIpc) is 2.49. The molecule has 0 spiro atoms. The Morgan fingerprint density at radius 3 is 2.31 bits per heavy atom. The van der Waals surface area contributed by atoms with Gasteiger partial charge in [-0.25, -0.2) is 0 Å². The Bertz CT molecular complexity index is 244. The maximum atomic E-state index is 11.0. The molecule has 1 fully saturated rings. The molecular weight excluding hydrogens is 190 g/mol. The highest BCUT2D eigenvalue weighted by molar-refractivity contribution is 7.83. The van der Waals surface area contributed by atoms with Gasteiger partial charge in [0.15, 0.2) is 0 Å². The van der Waals surface area contributed by atoms with Crippen molar-refractivity contribution < 1.29 is 13.0 Å². The molecule has 13 heavy (non-hydrogen) atoms. The first kappa shape index (κ1) is 10.9. The Labute approximate surface area is 79.8 Å². The van der Waals surface area contributed by atoms with Gasteiger partial charge in [0.05, 0.1) is 0 Å². The van der Waals surface area contributed by atoms with Gasteiger partial charge in [-0.2, -0.15) is 12.7 Å². The minimum absolute atomic E-state index is 0.00301. The number of hydrogen-bond acceptors (Lipinski definition) is 2. The van der Waals surface area contributed by atoms with Gasteiger partial charge < -0.3 is 0 Å². The average molecular weight is 206 g/mol. The molecule has 4 nitrogen and oxygen atoms in total. The van der Waals surface area contributed by atoms with E-state index in [0.29, 0.717) is 13.0 Å². The van der Waals surface area contributed by atoms with E-state index in [1.54, 1.807) is 0 Å². The van der Waals surface area contributed by atoms with Gasteiger partial charge in [0.2, 0.25) is 0 Å². The van der Waals surface area contributed by atoms with Crippen molar-refractivity contribution in [1.82, 2.24) is 4.31 Å². The molecule has 0 bridgehead atoms. The maximum Gasteiger partial charge on any atom is 0.336 e. The second-order valence-corrected chi connectivity index (χ2v) is 4.75. The van der Waals surface area contributed by atoms with Crippen molar-refractivity contribution in [2.75, 3.05) is 6.54 Å². The summed E-state index contributed by atoms with van der Waals surface area (Å²) in [6.07, 6.45) is 4.32. The fourth-order valence-electron chi connectivity index (χ4n) is 1.83. The predicted molar refractivity (Wildman–Crippen MR) is 50.5 cm³/mol. The van der Waals surface area contributed by atoms with Crippen molar-refractivity contribution in [1.29, 1.82) is 0 Å². The number of rotatable bonds is 4. The minimum Gasteiger partial charge on any atom is -0.273 e. The highest BCUT2D eigenvalue weighted by atomic mass is 32.2. The fraction of sp³-hybridized carbons (Fsp3) is 0.875. The first-order valence-electron chi connectivity index (χ1n) is 4.59. The quantitative estimate of drug-likeness (QED) is 0.704. The summed E-state index contributed by atoms with van der Waals surface area (Å²) in [7, 11) is -4.02. The molecule has 0 saturated heterocycles. The number of hydrogen-bond donors (Lipinski definition) is 1. The van der Waals surface area contributed by atoms with Crippen LogP contribution in [-0.4, -0.2) is 29.9 Å². The van der Waals surface area contributed by atoms with Crippen molar-refractivity contribution in [2.45, 2.75) is 38.1 Å². The molecule has 0 aromatic rings. The molecule has 0 amide bonds. The maximum absolute atomic E-state index is 11.0. The van der Waals surface area contributed by atoms with E-state index in [-0.39, 0.29) is 6.04 Å². The van der Waals surface area contributed by atoms with Crippen LogP contribution in [0.1, 0.15) is 32.1 Å². The molecule has 0 atom stereocenters. The lowest BCUT2D eigenvalue weighted by molar-refractivity contribution is 0.290. The smallest absolute Gasteiger partial charge is 0.273 e. The molecule has 1 rings (SSSR count). The predicted octanol–water partition coefficient (Wildman–Crippen LogP) is 1.26. The summed E-state index contributed by atoms with van der Waals surface area (Å²) >= 11 is 0. The van der Waals surface area contributed by atoms with Crippen molar-refractivity contribution in [3.05, 3.63) is 6.92 Å². The van der Waals surface area contributed by atoms with Crippen molar-refractivity contribution in [3.8, 4) is 0 Å². The summed E-state index contributed by atoms with van der Waals surface area (Å²) in [5.41, 5.74) is 0. The van der Waals surface area contributed by atoms with E-state index in [1.807, 2.05) is 0 Å². The van der Waals surface area contributed by atoms with E-state index < -0.39 is 10.3 Å². The van der Waals surface area contributed by atoms with Gasteiger partial charge >= 0.3 is 10.3 Å². The van der Waals surface area contributed by atoms with Gasteiger partial charge in [0.1, 0.15) is 0 Å². The summed E-state index contributed by atoms with van der Waals surface area (Å²) in [5, 5.41) is 0. The van der Waals surface area contributed by atoms with Crippen LogP contribution in [-0.2, 0) is 10.3 Å². The van der Waals surface area contributed by atoms with Gasteiger partial charge in [0, 0.05) is 12.6 Å². The van der Waals surface area contributed by atoms with E-state index >= 15 is 0 Å². The molecule has 1 aliphatic carbocycles. The second kappa shape index (κ2) is 4.39. The molecule has 0 aliphatic heterocycles. The van der Waals surface area contributed by atoms with Gasteiger partial charge in [0.25, 0.3) is 0 Å². The van der Waals surface area contributed by atoms with Crippen LogP contribution in [0.5, 0.6) is 0 Å². The van der Waals surface area contributed by atoms with E-state index in [4.69, 9.17) is 4.55 Å². The molecule has 77 valence electrons. The molecule has 0 aromatic carbocycles. The molecule has 1 N–H and O–H groups in total. The Hall–Kier alpha value is -0.130. The molecule has 5 heteroatoms. The third-order valence-corrected chi connectivity index (χ3v) is 3.48. The van der Waals surface area contributed by atoms with E-state index in [0.717, 1.165) is 25.7 Å². The molecule has 1 saturated carbocycles. The first-order valence-corrected chi connectivity index (χ1v) is 5.99. The van der Waals surface area contributed by atoms with Crippen LogP contribution < -0.4 is 0 Å². The first-order chi connectivity index (χ1) is 6.05. The lowest BCUT2D eigenvalue weighted by Gasteiger charge is -2.24. The fourth-order valence-corrected chi connectivity index (χ4v) is 2.78. The molecule has 0 aromatic heterocycles. The minimum atomic E-state index is -4.02. The van der Waals surface area contributed by atoms with Gasteiger partial charge in [-0.05, 0) is 19.3 Å². The van der Waals surface area contributed by atoms with Crippen LogP contribution in [0.3, 0.4) is 0 Å². The zero-order valence-electron chi connectivity index (χ0n) is 7.65. The lowest BCUT2D eigenvalue weighted by Crippen LogP contribution is -2.38. The van der Waals surface area contributed by atoms with E-state index in [1.165, 1.54) is 4.31 Å². The van der Waals surface area contributed by atoms with Crippen molar-refractivity contribution >= 4 is 10.3 Å². The van der Waals surface area contributed by atoms with Crippen LogP contribution >= 0.6 is 0 Å². The van der Waals surface area contributed by atoms with E-state index in [9.17, 15) is 8.42 Å². The SMILES string of the molecule is [CH2]CCN(C1CCCC1)S(=O)(=O)O. The summed E-state index contributed by atoms with van der Waals surface area (Å²) in [6, 6.07) is -0.00301. The Morgan fingerprint density at radius 1 is 1.38 bits per heavy atom. The molecule has 0 unspecified atom stereocenters. The van der Waals surface area contributed by atoms with Crippen molar-refractivity contribution in [2.24, 2.45) is 0 Å². The Morgan fingerprint density at radius 2 is 1.92 bits per heavy atom. The molecule has 0 heterocycles. The van der Waals surface area contributed by atoms with Crippen molar-refractivity contribution in [3.63, 3.8) is 0 Å². The Kier molecular flexibility index (Phi) is 3.70. The van der Waals surface area contributed by atoms with Crippen LogP contribution in [0.15, 0.2) is 0 Å². The van der Waals surface area contributed by atoms with Crippen LogP contribution in [0.4, 0.5) is 0 Å². The van der Waals surface area contributed by atoms with Gasteiger partial charge in [-0.3, -0.25) is 4.55 Å². The lowest BCUT2D eigenvalue weighted by atomic mass is 10.2. The topological polar surface area (TPSA) is 57.6 Å². The van der Waals surface area contributed by atoms with Crippen LogP contribution in [0.2, 0.25) is 0 Å². The van der Waals surface area contributed by atoms with E-state index in [2.05, 4.69) is 6.92 Å². The highest BCUT2D eigenvalue weighted by Crippen LogP contribution is 2.25. The van der Waals surface area contributed by atoms with Crippen LogP contribution in [0.25, 0.3) is 0 Å². The summed E-state index contributed by atoms with van der Waals surface area (Å²) in [5.74, 6) is 0. The second-order valence-electron chi connectivity index (χ2n) is 3.38. The monoisotopic (exact) mass is 206 g/mol. The number of nitrogens with zero attached hydrogens (tertiary/aromatic N) is 1.